The Morgan fingerprint density at radius 1 is 1.00 bits per heavy atom. The molecule has 2 aromatic carbocycles. The fourth-order valence-electron chi connectivity index (χ4n) is 2.19. The summed E-state index contributed by atoms with van der Waals surface area (Å²) in [5.74, 6) is -1.65. The molecule has 4 N–H and O–H groups in total. The number of carbonyl (C=O) groups is 2. The molecule has 29 heavy (non-hydrogen) atoms. The molecule has 0 spiro atoms. The fraction of sp³-hybridized carbons (Fsp3) is 0.105. The first-order chi connectivity index (χ1) is 13.7. The van der Waals surface area contributed by atoms with Gasteiger partial charge in [0, 0.05) is 6.08 Å². The van der Waals surface area contributed by atoms with Gasteiger partial charge in [-0.05, 0) is 36.0 Å². The summed E-state index contributed by atoms with van der Waals surface area (Å²) in [5, 5.41) is 17.1. The van der Waals surface area contributed by atoms with Crippen LogP contribution in [0.4, 0.5) is 5.69 Å². The molecule has 0 unspecified atom stereocenters. The van der Waals surface area contributed by atoms with Gasteiger partial charge in [0.1, 0.15) is 6.17 Å². The van der Waals surface area contributed by atoms with Crippen LogP contribution >= 0.6 is 47.0 Å². The van der Waals surface area contributed by atoms with Crippen molar-refractivity contribution in [3.63, 3.8) is 0 Å². The van der Waals surface area contributed by atoms with Gasteiger partial charge >= 0.3 is 5.97 Å². The largest absolute Gasteiger partial charge is 0.478 e. The number of halogens is 3. The van der Waals surface area contributed by atoms with Gasteiger partial charge in [-0.25, -0.2) is 4.79 Å². The van der Waals surface area contributed by atoms with Crippen LogP contribution in [0, 0.1) is 0 Å². The summed E-state index contributed by atoms with van der Waals surface area (Å²) in [4.78, 5) is 23.5. The quantitative estimate of drug-likeness (QED) is 0.218. The summed E-state index contributed by atoms with van der Waals surface area (Å²) in [6, 6.07) is 15.3. The normalized spacial score (nSPS) is 12.2. The zero-order chi connectivity index (χ0) is 21.4. The molecule has 0 aliphatic carbocycles. The van der Waals surface area contributed by atoms with Crippen LogP contribution in [0.15, 0.2) is 60.7 Å². The highest BCUT2D eigenvalue weighted by Crippen LogP contribution is 2.29. The highest BCUT2D eigenvalue weighted by Gasteiger charge is 2.34. The van der Waals surface area contributed by atoms with Gasteiger partial charge in [-0.15, -0.1) is 0 Å². The Kier molecular flexibility index (Phi) is 8.28. The third-order valence-electron chi connectivity index (χ3n) is 3.52. The van der Waals surface area contributed by atoms with Gasteiger partial charge in [0.15, 0.2) is 5.11 Å². The molecule has 2 rings (SSSR count). The standard InChI is InChI=1S/C19H16Cl3N3O3S/c20-19(21,22)17(24-15(26)11-10-12-6-2-1-3-7-12)25-18(29)23-14-9-5-4-8-13(14)16(27)28/h1-11,17H,(H,24,26)(H,27,28)(H2,23,25,29)/b11-10+/t17-/m1/s1. The Hall–Kier alpha value is -2.32. The second kappa shape index (κ2) is 10.5. The lowest BCUT2D eigenvalue weighted by Gasteiger charge is -2.27. The van der Waals surface area contributed by atoms with Gasteiger partial charge in [0.25, 0.3) is 0 Å². The van der Waals surface area contributed by atoms with Crippen LogP contribution in [0.2, 0.25) is 0 Å². The molecule has 0 saturated heterocycles. The number of anilines is 1. The number of aromatic carboxylic acids is 1. The number of thiocarbonyl (C=S) groups is 1. The Labute approximate surface area is 187 Å². The van der Waals surface area contributed by atoms with Gasteiger partial charge in [0.2, 0.25) is 9.70 Å². The van der Waals surface area contributed by atoms with Crippen molar-refractivity contribution in [2.75, 3.05) is 5.32 Å². The van der Waals surface area contributed by atoms with Gasteiger partial charge in [-0.2, -0.15) is 0 Å². The highest BCUT2D eigenvalue weighted by molar-refractivity contribution is 7.80. The molecule has 10 heteroatoms. The van der Waals surface area contributed by atoms with E-state index in [4.69, 9.17) is 47.0 Å². The molecule has 0 fully saturated rings. The number of carbonyl (C=O) groups excluding carboxylic acids is 1. The lowest BCUT2D eigenvalue weighted by atomic mass is 10.2. The predicted octanol–water partition coefficient (Wildman–Crippen LogP) is 4.20. The molecule has 6 nitrogen and oxygen atoms in total. The van der Waals surface area contributed by atoms with Crippen molar-refractivity contribution in [2.24, 2.45) is 0 Å². The third kappa shape index (κ3) is 7.55. The van der Waals surface area contributed by atoms with Crippen molar-refractivity contribution < 1.29 is 14.7 Å². The summed E-state index contributed by atoms with van der Waals surface area (Å²) in [6.07, 6.45) is 1.71. The minimum absolute atomic E-state index is 0.0110. The summed E-state index contributed by atoms with van der Waals surface area (Å²) < 4.78 is -1.94. The molecule has 152 valence electrons. The Morgan fingerprint density at radius 2 is 1.62 bits per heavy atom. The van der Waals surface area contributed by atoms with Crippen molar-refractivity contribution >= 4 is 75.8 Å². The smallest absolute Gasteiger partial charge is 0.337 e. The van der Waals surface area contributed by atoms with E-state index in [2.05, 4.69) is 16.0 Å². The first kappa shape index (κ1) is 23.0. The lowest BCUT2D eigenvalue weighted by Crippen LogP contribution is -2.55. The van der Waals surface area contributed by atoms with Crippen LogP contribution in [-0.2, 0) is 4.79 Å². The third-order valence-corrected chi connectivity index (χ3v) is 4.40. The van der Waals surface area contributed by atoms with Gasteiger partial charge < -0.3 is 21.1 Å². The van der Waals surface area contributed by atoms with Crippen LogP contribution in [0.25, 0.3) is 6.08 Å². The van der Waals surface area contributed by atoms with Crippen molar-refractivity contribution in [1.29, 1.82) is 0 Å². The van der Waals surface area contributed by atoms with E-state index in [1.807, 2.05) is 30.3 Å². The minimum Gasteiger partial charge on any atom is -0.478 e. The number of hydrogen-bond donors (Lipinski definition) is 4. The number of hydrogen-bond acceptors (Lipinski definition) is 3. The van der Waals surface area contributed by atoms with E-state index in [1.54, 1.807) is 18.2 Å². The maximum atomic E-state index is 12.2. The van der Waals surface area contributed by atoms with Crippen molar-refractivity contribution in [1.82, 2.24) is 10.6 Å². The Bertz CT molecular complexity index is 918. The second-order valence-corrected chi connectivity index (χ2v) is 8.45. The topological polar surface area (TPSA) is 90.5 Å². The zero-order valence-corrected chi connectivity index (χ0v) is 17.8. The first-order valence-corrected chi connectivity index (χ1v) is 9.71. The lowest BCUT2D eigenvalue weighted by molar-refractivity contribution is -0.117. The maximum Gasteiger partial charge on any atom is 0.337 e. The van der Waals surface area contributed by atoms with Gasteiger partial charge in [-0.1, -0.05) is 77.3 Å². The van der Waals surface area contributed by atoms with Crippen molar-refractivity contribution in [2.45, 2.75) is 9.96 Å². The molecule has 0 bridgehead atoms. The van der Waals surface area contributed by atoms with Crippen LogP contribution in [0.1, 0.15) is 15.9 Å². The van der Waals surface area contributed by atoms with E-state index in [9.17, 15) is 14.7 Å². The molecule has 0 aliphatic heterocycles. The number of rotatable bonds is 6. The zero-order valence-electron chi connectivity index (χ0n) is 14.7. The van der Waals surface area contributed by atoms with Crippen molar-refractivity contribution in [3.05, 3.63) is 71.8 Å². The molecule has 0 heterocycles. The predicted molar refractivity (Wildman–Crippen MR) is 120 cm³/mol. The molecule has 0 aromatic heterocycles. The van der Waals surface area contributed by atoms with E-state index in [1.165, 1.54) is 18.2 Å². The number of para-hydroxylation sites is 1. The fourth-order valence-corrected chi connectivity index (χ4v) is 2.75. The number of carboxylic acid groups (broad SMARTS) is 1. The van der Waals surface area contributed by atoms with Crippen LogP contribution in [0.3, 0.4) is 0 Å². The Morgan fingerprint density at radius 3 is 2.24 bits per heavy atom. The Balaban J connectivity index is 2.05. The van der Waals surface area contributed by atoms with Crippen LogP contribution in [0.5, 0.6) is 0 Å². The molecular formula is C19H16Cl3N3O3S. The summed E-state index contributed by atoms with van der Waals surface area (Å²) >= 11 is 23.0. The van der Waals surface area contributed by atoms with Crippen LogP contribution in [-0.4, -0.2) is 32.1 Å². The van der Waals surface area contributed by atoms with Crippen LogP contribution < -0.4 is 16.0 Å². The first-order valence-electron chi connectivity index (χ1n) is 8.17. The number of amides is 1. The molecule has 0 aliphatic rings. The summed E-state index contributed by atoms with van der Waals surface area (Å²) in [5.41, 5.74) is 1.08. The van der Waals surface area contributed by atoms with E-state index in [-0.39, 0.29) is 16.4 Å². The molecule has 0 saturated carbocycles. The molecule has 1 atom stereocenters. The number of alkyl halides is 3. The van der Waals surface area contributed by atoms with E-state index in [0.717, 1.165) is 5.56 Å². The molecular weight excluding hydrogens is 457 g/mol. The van der Waals surface area contributed by atoms with Gasteiger partial charge in [-0.3, -0.25) is 4.79 Å². The molecule has 2 aromatic rings. The highest BCUT2D eigenvalue weighted by atomic mass is 35.6. The van der Waals surface area contributed by atoms with Crippen molar-refractivity contribution in [3.8, 4) is 0 Å². The molecule has 0 radical (unpaired) electrons. The second-order valence-electron chi connectivity index (χ2n) is 5.68. The van der Waals surface area contributed by atoms with E-state index < -0.39 is 21.8 Å². The summed E-state index contributed by atoms with van der Waals surface area (Å²) in [7, 11) is 0. The summed E-state index contributed by atoms with van der Waals surface area (Å²) in [6.45, 7) is 0. The van der Waals surface area contributed by atoms with E-state index in [0.29, 0.717) is 0 Å². The average Bonchev–Trinajstić information content (AvgIpc) is 2.66. The number of benzene rings is 2. The number of carboxylic acids is 1. The average molecular weight is 473 g/mol. The minimum atomic E-state index is -1.94. The SMILES string of the molecule is O=C(/C=C/c1ccccc1)N[C@H](NC(=S)Nc1ccccc1C(=O)O)C(Cl)(Cl)Cl. The monoisotopic (exact) mass is 471 g/mol. The molecule has 1 amide bonds. The number of nitrogens with one attached hydrogen (secondary N) is 3. The maximum absolute atomic E-state index is 12.2. The van der Waals surface area contributed by atoms with E-state index >= 15 is 0 Å². The van der Waals surface area contributed by atoms with Gasteiger partial charge in [0.05, 0.1) is 11.3 Å².